The Hall–Kier alpha value is -3.02. The summed E-state index contributed by atoms with van der Waals surface area (Å²) in [5.74, 6) is 0. The highest BCUT2D eigenvalue weighted by molar-refractivity contribution is 6.01. The van der Waals surface area contributed by atoms with Crippen molar-refractivity contribution in [3.63, 3.8) is 0 Å². The molecular formula is C19H23N5O. The van der Waals surface area contributed by atoms with Crippen molar-refractivity contribution in [2.45, 2.75) is 20.8 Å². The minimum Gasteiger partial charge on any atom is -0.372 e. The fourth-order valence-corrected chi connectivity index (χ4v) is 2.87. The molecule has 2 aromatic carbocycles. The third kappa shape index (κ3) is 3.74. The summed E-state index contributed by atoms with van der Waals surface area (Å²) in [6.07, 6.45) is 1.63. The van der Waals surface area contributed by atoms with Crippen LogP contribution in [0.15, 0.2) is 42.7 Å². The lowest BCUT2D eigenvalue weighted by atomic mass is 10.1. The molecule has 3 aromatic rings. The zero-order chi connectivity index (χ0) is 17.8. The highest BCUT2D eigenvalue weighted by Gasteiger charge is 2.08. The summed E-state index contributed by atoms with van der Waals surface area (Å²) in [6, 6.07) is 11.4. The fourth-order valence-electron chi connectivity index (χ4n) is 2.87. The fraction of sp³-hybridized carbons (Fsp3) is 0.263. The molecule has 1 heterocycles. The number of nitrogens with zero attached hydrogens (tertiary/aromatic N) is 2. The largest absolute Gasteiger partial charge is 0.372 e. The van der Waals surface area contributed by atoms with E-state index in [1.807, 2.05) is 37.3 Å². The Kier molecular flexibility index (Phi) is 4.88. The highest BCUT2D eigenvalue weighted by Crippen LogP contribution is 2.23. The van der Waals surface area contributed by atoms with Gasteiger partial charge in [0.1, 0.15) is 0 Å². The number of urea groups is 1. The number of carbonyl (C=O) groups excluding carboxylic acids is 1. The minimum atomic E-state index is -0.266. The molecule has 3 rings (SSSR count). The van der Waals surface area contributed by atoms with Gasteiger partial charge in [0.15, 0.2) is 0 Å². The van der Waals surface area contributed by atoms with Crippen molar-refractivity contribution in [2.75, 3.05) is 28.6 Å². The van der Waals surface area contributed by atoms with Crippen LogP contribution in [-0.2, 0) is 0 Å². The van der Waals surface area contributed by atoms with Gasteiger partial charge in [-0.3, -0.25) is 0 Å². The smallest absolute Gasteiger partial charge is 0.323 e. The number of rotatable bonds is 5. The molecule has 0 spiro atoms. The van der Waals surface area contributed by atoms with E-state index in [4.69, 9.17) is 0 Å². The van der Waals surface area contributed by atoms with Crippen LogP contribution in [0.3, 0.4) is 0 Å². The predicted octanol–water partition coefficient (Wildman–Crippen LogP) is 4.36. The number of carbonyl (C=O) groups is 1. The molecule has 0 radical (unpaired) electrons. The van der Waals surface area contributed by atoms with Gasteiger partial charge < -0.3 is 20.5 Å². The number of hydrogen-bond acceptors (Lipinski definition) is 3. The van der Waals surface area contributed by atoms with Gasteiger partial charge in [-0.05, 0) is 62.7 Å². The SMILES string of the molecule is CCN(CC)c1ccc(NC(=O)Nc2ccc3nc[nH]c3c2)c(C)c1. The lowest BCUT2D eigenvalue weighted by Crippen LogP contribution is -2.22. The molecule has 3 N–H and O–H groups in total. The van der Waals surface area contributed by atoms with Gasteiger partial charge in [-0.25, -0.2) is 9.78 Å². The third-order valence-corrected chi connectivity index (χ3v) is 4.26. The first-order valence-corrected chi connectivity index (χ1v) is 8.47. The number of amides is 2. The molecule has 0 unspecified atom stereocenters. The quantitative estimate of drug-likeness (QED) is 0.647. The Balaban J connectivity index is 1.69. The topological polar surface area (TPSA) is 73.1 Å². The molecule has 25 heavy (non-hydrogen) atoms. The number of nitrogens with one attached hydrogen (secondary N) is 3. The van der Waals surface area contributed by atoms with Crippen LogP contribution < -0.4 is 15.5 Å². The van der Waals surface area contributed by atoms with Crippen LogP contribution in [0.1, 0.15) is 19.4 Å². The molecule has 6 heteroatoms. The first-order valence-electron chi connectivity index (χ1n) is 8.47. The van der Waals surface area contributed by atoms with Crippen LogP contribution in [0.4, 0.5) is 21.9 Å². The van der Waals surface area contributed by atoms with Crippen LogP contribution in [0.2, 0.25) is 0 Å². The van der Waals surface area contributed by atoms with Crippen LogP contribution in [-0.4, -0.2) is 29.1 Å². The van der Waals surface area contributed by atoms with Crippen LogP contribution in [0, 0.1) is 6.92 Å². The lowest BCUT2D eigenvalue weighted by molar-refractivity contribution is 0.262. The van der Waals surface area contributed by atoms with Gasteiger partial charge in [-0.2, -0.15) is 0 Å². The molecule has 0 fully saturated rings. The van der Waals surface area contributed by atoms with E-state index < -0.39 is 0 Å². The van der Waals surface area contributed by atoms with E-state index in [0.29, 0.717) is 5.69 Å². The Bertz CT molecular complexity index is 882. The maximum atomic E-state index is 12.3. The Morgan fingerprint density at radius 2 is 1.92 bits per heavy atom. The zero-order valence-electron chi connectivity index (χ0n) is 14.8. The molecule has 0 aliphatic rings. The van der Waals surface area contributed by atoms with E-state index in [0.717, 1.165) is 41.1 Å². The second kappa shape index (κ2) is 7.25. The summed E-state index contributed by atoms with van der Waals surface area (Å²) in [7, 11) is 0. The van der Waals surface area contributed by atoms with Crippen molar-refractivity contribution in [3.05, 3.63) is 48.3 Å². The van der Waals surface area contributed by atoms with Crippen molar-refractivity contribution in [1.29, 1.82) is 0 Å². The molecule has 0 bridgehead atoms. The van der Waals surface area contributed by atoms with E-state index in [2.05, 4.69) is 45.4 Å². The standard InChI is InChI=1S/C19H23N5O/c1-4-24(5-2)15-7-9-16(13(3)10-15)23-19(25)22-14-6-8-17-18(11-14)21-12-20-17/h6-12H,4-5H2,1-3H3,(H,20,21)(H2,22,23,25). The van der Waals surface area contributed by atoms with E-state index in [1.54, 1.807) is 6.33 Å². The highest BCUT2D eigenvalue weighted by atomic mass is 16.2. The van der Waals surface area contributed by atoms with Gasteiger partial charge in [0.05, 0.1) is 17.4 Å². The van der Waals surface area contributed by atoms with Crippen LogP contribution >= 0.6 is 0 Å². The monoisotopic (exact) mass is 337 g/mol. The normalized spacial score (nSPS) is 10.7. The predicted molar refractivity (Wildman–Crippen MR) is 103 cm³/mol. The summed E-state index contributed by atoms with van der Waals surface area (Å²) < 4.78 is 0. The molecule has 2 amide bonds. The van der Waals surface area contributed by atoms with Gasteiger partial charge in [0.25, 0.3) is 0 Å². The Morgan fingerprint density at radius 1 is 1.12 bits per heavy atom. The van der Waals surface area contributed by atoms with Gasteiger partial charge in [0.2, 0.25) is 0 Å². The van der Waals surface area contributed by atoms with Crippen molar-refractivity contribution in [2.24, 2.45) is 0 Å². The third-order valence-electron chi connectivity index (χ3n) is 4.26. The number of imidazole rings is 1. The van der Waals surface area contributed by atoms with E-state index in [1.165, 1.54) is 0 Å². The van der Waals surface area contributed by atoms with Crippen molar-refractivity contribution in [1.82, 2.24) is 9.97 Å². The Labute approximate surface area is 147 Å². The molecule has 0 atom stereocenters. The minimum absolute atomic E-state index is 0.266. The summed E-state index contributed by atoms with van der Waals surface area (Å²) in [5.41, 5.74) is 5.47. The summed E-state index contributed by atoms with van der Waals surface area (Å²) in [5, 5.41) is 5.76. The van der Waals surface area contributed by atoms with Crippen molar-refractivity contribution >= 4 is 34.1 Å². The molecule has 0 aliphatic heterocycles. The maximum Gasteiger partial charge on any atom is 0.323 e. The molecule has 6 nitrogen and oxygen atoms in total. The van der Waals surface area contributed by atoms with Crippen LogP contribution in [0.5, 0.6) is 0 Å². The average molecular weight is 337 g/mol. The molecular weight excluding hydrogens is 314 g/mol. The maximum absolute atomic E-state index is 12.3. The van der Waals surface area contributed by atoms with E-state index in [-0.39, 0.29) is 6.03 Å². The number of fused-ring (bicyclic) bond motifs is 1. The molecule has 130 valence electrons. The number of benzene rings is 2. The van der Waals surface area contributed by atoms with Gasteiger partial charge in [-0.15, -0.1) is 0 Å². The summed E-state index contributed by atoms with van der Waals surface area (Å²) in [4.78, 5) is 21.8. The number of aryl methyl sites for hydroxylation is 1. The van der Waals surface area contributed by atoms with Gasteiger partial charge >= 0.3 is 6.03 Å². The number of aromatic amines is 1. The number of aromatic nitrogens is 2. The van der Waals surface area contributed by atoms with Crippen molar-refractivity contribution in [3.8, 4) is 0 Å². The number of hydrogen-bond donors (Lipinski definition) is 3. The van der Waals surface area contributed by atoms with Crippen LogP contribution in [0.25, 0.3) is 11.0 Å². The molecule has 0 saturated heterocycles. The van der Waals surface area contributed by atoms with Gasteiger partial charge in [-0.1, -0.05) is 0 Å². The second-order valence-corrected chi connectivity index (χ2v) is 5.89. The second-order valence-electron chi connectivity index (χ2n) is 5.89. The molecule has 0 saturated carbocycles. The first-order chi connectivity index (χ1) is 12.1. The van der Waals surface area contributed by atoms with E-state index >= 15 is 0 Å². The average Bonchev–Trinajstić information content (AvgIpc) is 3.06. The first kappa shape index (κ1) is 16.8. The molecule has 1 aromatic heterocycles. The van der Waals surface area contributed by atoms with Gasteiger partial charge in [0, 0.05) is 30.2 Å². The number of H-pyrrole nitrogens is 1. The zero-order valence-corrected chi connectivity index (χ0v) is 14.8. The lowest BCUT2D eigenvalue weighted by Gasteiger charge is -2.22. The van der Waals surface area contributed by atoms with Crippen molar-refractivity contribution < 1.29 is 4.79 Å². The molecule has 0 aliphatic carbocycles. The summed E-state index contributed by atoms with van der Waals surface area (Å²) in [6.45, 7) is 8.18. The number of anilines is 3. The Morgan fingerprint density at radius 3 is 2.64 bits per heavy atom. The summed E-state index contributed by atoms with van der Waals surface area (Å²) >= 11 is 0. The van der Waals surface area contributed by atoms with E-state index in [9.17, 15) is 4.79 Å².